The van der Waals surface area contributed by atoms with Crippen molar-refractivity contribution >= 4 is 11.7 Å². The lowest BCUT2D eigenvalue weighted by atomic mass is 9.88. The molecule has 0 unspecified atom stereocenters. The molecular weight excluding hydrogens is 214 g/mol. The fourth-order valence-electron chi connectivity index (χ4n) is 2.36. The van der Waals surface area contributed by atoms with Crippen molar-refractivity contribution in [2.75, 3.05) is 19.6 Å². The summed E-state index contributed by atoms with van der Waals surface area (Å²) in [5.74, 6) is 1.17. The topological polar surface area (TPSA) is 58.7 Å². The molecule has 1 aliphatic carbocycles. The van der Waals surface area contributed by atoms with Crippen LogP contribution in [0.4, 0.5) is 0 Å². The second-order valence-corrected chi connectivity index (χ2v) is 4.64. The van der Waals surface area contributed by atoms with E-state index < -0.39 is 0 Å². The molecule has 0 bridgehead atoms. The fraction of sp³-hybridized carbons (Fsp3) is 0.846. The van der Waals surface area contributed by atoms with Gasteiger partial charge in [0.2, 0.25) is 5.91 Å². The van der Waals surface area contributed by atoms with Gasteiger partial charge in [-0.1, -0.05) is 19.3 Å². The van der Waals surface area contributed by atoms with E-state index in [4.69, 9.17) is 5.73 Å². The van der Waals surface area contributed by atoms with Gasteiger partial charge in [0.05, 0.1) is 5.84 Å². The van der Waals surface area contributed by atoms with Crippen LogP contribution >= 0.6 is 0 Å². The van der Waals surface area contributed by atoms with Crippen molar-refractivity contribution in [2.24, 2.45) is 16.6 Å². The molecule has 1 amide bonds. The van der Waals surface area contributed by atoms with E-state index >= 15 is 0 Å². The quantitative estimate of drug-likeness (QED) is 0.587. The third-order valence-electron chi connectivity index (χ3n) is 3.54. The Kier molecular flexibility index (Phi) is 6.01. The molecule has 17 heavy (non-hydrogen) atoms. The average Bonchev–Trinajstić information content (AvgIpc) is 2.38. The summed E-state index contributed by atoms with van der Waals surface area (Å²) >= 11 is 0. The van der Waals surface area contributed by atoms with Gasteiger partial charge in [0.25, 0.3) is 0 Å². The van der Waals surface area contributed by atoms with Gasteiger partial charge in [-0.05, 0) is 26.7 Å². The standard InChI is InChI=1S/C13H25N3O/c1-3-16(4-2)12(17)10-15-13(14)11-8-6-5-7-9-11/h11H,3-10H2,1-2H3,(H2,14,15). The third-order valence-corrected chi connectivity index (χ3v) is 3.54. The number of likely N-dealkylation sites (N-methyl/N-ethyl adjacent to an activating group) is 1. The zero-order chi connectivity index (χ0) is 12.7. The molecule has 0 aromatic heterocycles. The Morgan fingerprint density at radius 2 is 1.82 bits per heavy atom. The van der Waals surface area contributed by atoms with Crippen LogP contribution in [0.1, 0.15) is 46.0 Å². The summed E-state index contributed by atoms with van der Waals surface area (Å²) in [5, 5.41) is 0. The zero-order valence-electron chi connectivity index (χ0n) is 11.1. The number of nitrogens with zero attached hydrogens (tertiary/aromatic N) is 2. The van der Waals surface area contributed by atoms with Gasteiger partial charge >= 0.3 is 0 Å². The Balaban J connectivity index is 2.43. The van der Waals surface area contributed by atoms with E-state index in [1.165, 1.54) is 19.3 Å². The maximum absolute atomic E-state index is 11.8. The smallest absolute Gasteiger partial charge is 0.244 e. The van der Waals surface area contributed by atoms with Crippen molar-refractivity contribution in [1.29, 1.82) is 0 Å². The minimum absolute atomic E-state index is 0.0776. The Hall–Kier alpha value is -1.06. The van der Waals surface area contributed by atoms with Crippen LogP contribution in [0.2, 0.25) is 0 Å². The monoisotopic (exact) mass is 239 g/mol. The highest BCUT2D eigenvalue weighted by Gasteiger charge is 2.17. The SMILES string of the molecule is CCN(CC)C(=O)CN=C(N)C1CCCCC1. The number of aliphatic imine (C=N–C) groups is 1. The molecular formula is C13H25N3O. The van der Waals surface area contributed by atoms with Gasteiger partial charge in [0.15, 0.2) is 0 Å². The first-order chi connectivity index (χ1) is 8.19. The van der Waals surface area contributed by atoms with Gasteiger partial charge in [0.1, 0.15) is 6.54 Å². The Labute approximate surface area is 104 Å². The van der Waals surface area contributed by atoms with Gasteiger partial charge in [-0.3, -0.25) is 9.79 Å². The Morgan fingerprint density at radius 3 is 2.35 bits per heavy atom. The largest absolute Gasteiger partial charge is 0.387 e. The number of nitrogens with two attached hydrogens (primary N) is 1. The van der Waals surface area contributed by atoms with E-state index in [1.807, 2.05) is 13.8 Å². The molecule has 1 saturated carbocycles. The second kappa shape index (κ2) is 7.30. The molecule has 0 spiro atoms. The summed E-state index contributed by atoms with van der Waals surface area (Å²) in [5.41, 5.74) is 5.96. The second-order valence-electron chi connectivity index (χ2n) is 4.64. The highest BCUT2D eigenvalue weighted by atomic mass is 16.2. The first-order valence-electron chi connectivity index (χ1n) is 6.76. The minimum Gasteiger partial charge on any atom is -0.387 e. The molecule has 0 aromatic rings. The highest BCUT2D eigenvalue weighted by molar-refractivity contribution is 5.86. The predicted octanol–water partition coefficient (Wildman–Crippen LogP) is 1.79. The maximum Gasteiger partial charge on any atom is 0.244 e. The van der Waals surface area contributed by atoms with Gasteiger partial charge in [-0.25, -0.2) is 0 Å². The number of amidine groups is 1. The minimum atomic E-state index is 0.0776. The van der Waals surface area contributed by atoms with Gasteiger partial charge in [-0.2, -0.15) is 0 Å². The predicted molar refractivity (Wildman–Crippen MR) is 71.0 cm³/mol. The van der Waals surface area contributed by atoms with Crippen LogP contribution in [-0.2, 0) is 4.79 Å². The molecule has 0 aliphatic heterocycles. The van der Waals surface area contributed by atoms with Gasteiger partial charge in [-0.15, -0.1) is 0 Å². The highest BCUT2D eigenvalue weighted by Crippen LogP contribution is 2.23. The normalized spacial score (nSPS) is 18.1. The molecule has 98 valence electrons. The lowest BCUT2D eigenvalue weighted by Crippen LogP contribution is -2.34. The fourth-order valence-corrected chi connectivity index (χ4v) is 2.36. The van der Waals surface area contributed by atoms with Crippen molar-refractivity contribution in [3.05, 3.63) is 0 Å². The number of carbonyl (C=O) groups excluding carboxylic acids is 1. The average molecular weight is 239 g/mol. The van der Waals surface area contributed by atoms with E-state index in [-0.39, 0.29) is 12.5 Å². The van der Waals surface area contributed by atoms with Crippen molar-refractivity contribution in [3.8, 4) is 0 Å². The number of amides is 1. The molecule has 4 heteroatoms. The number of rotatable bonds is 5. The van der Waals surface area contributed by atoms with Gasteiger partial charge in [0, 0.05) is 19.0 Å². The molecule has 0 aromatic carbocycles. The van der Waals surface area contributed by atoms with E-state index in [2.05, 4.69) is 4.99 Å². The molecule has 0 atom stereocenters. The van der Waals surface area contributed by atoms with E-state index in [9.17, 15) is 4.79 Å². The van der Waals surface area contributed by atoms with Crippen LogP contribution in [0.15, 0.2) is 4.99 Å². The summed E-state index contributed by atoms with van der Waals surface area (Å²) in [4.78, 5) is 17.8. The molecule has 0 heterocycles. The molecule has 0 saturated heterocycles. The van der Waals surface area contributed by atoms with Crippen molar-refractivity contribution in [3.63, 3.8) is 0 Å². The van der Waals surface area contributed by atoms with Crippen molar-refractivity contribution in [2.45, 2.75) is 46.0 Å². The van der Waals surface area contributed by atoms with Crippen LogP contribution in [0.5, 0.6) is 0 Å². The Bertz CT molecular complexity index is 266. The maximum atomic E-state index is 11.8. The summed E-state index contributed by atoms with van der Waals surface area (Å²) in [6.07, 6.45) is 6.06. The molecule has 1 rings (SSSR count). The Morgan fingerprint density at radius 1 is 1.24 bits per heavy atom. The summed E-state index contributed by atoms with van der Waals surface area (Å²) in [7, 11) is 0. The third kappa shape index (κ3) is 4.36. The lowest BCUT2D eigenvalue weighted by molar-refractivity contribution is -0.129. The van der Waals surface area contributed by atoms with Crippen LogP contribution in [0.3, 0.4) is 0 Å². The van der Waals surface area contributed by atoms with Crippen LogP contribution in [-0.4, -0.2) is 36.3 Å². The molecule has 1 aliphatic rings. The summed E-state index contributed by atoms with van der Waals surface area (Å²) in [6, 6.07) is 0. The van der Waals surface area contributed by atoms with E-state index in [0.29, 0.717) is 11.8 Å². The molecule has 2 N–H and O–H groups in total. The van der Waals surface area contributed by atoms with E-state index in [0.717, 1.165) is 25.9 Å². The number of hydrogen-bond donors (Lipinski definition) is 1. The molecule has 0 radical (unpaired) electrons. The van der Waals surface area contributed by atoms with Crippen molar-refractivity contribution < 1.29 is 4.79 Å². The van der Waals surface area contributed by atoms with E-state index in [1.54, 1.807) is 4.90 Å². The van der Waals surface area contributed by atoms with Crippen LogP contribution < -0.4 is 5.73 Å². The number of hydrogen-bond acceptors (Lipinski definition) is 2. The first-order valence-corrected chi connectivity index (χ1v) is 6.76. The van der Waals surface area contributed by atoms with Crippen molar-refractivity contribution in [1.82, 2.24) is 4.90 Å². The van der Waals surface area contributed by atoms with Crippen LogP contribution in [0, 0.1) is 5.92 Å². The van der Waals surface area contributed by atoms with Gasteiger partial charge < -0.3 is 10.6 Å². The summed E-state index contributed by atoms with van der Waals surface area (Å²) in [6.45, 7) is 5.66. The zero-order valence-corrected chi connectivity index (χ0v) is 11.1. The first kappa shape index (κ1) is 14.0. The molecule has 4 nitrogen and oxygen atoms in total. The van der Waals surface area contributed by atoms with Crippen LogP contribution in [0.25, 0.3) is 0 Å². The molecule has 1 fully saturated rings. The lowest BCUT2D eigenvalue weighted by Gasteiger charge is -2.21. The summed E-state index contributed by atoms with van der Waals surface area (Å²) < 4.78 is 0. The number of carbonyl (C=O) groups is 1.